The minimum absolute atomic E-state index is 0.284. The van der Waals surface area contributed by atoms with Gasteiger partial charge in [0.25, 0.3) is 0 Å². The van der Waals surface area contributed by atoms with Gasteiger partial charge in [-0.05, 0) is 25.0 Å². The second-order valence-electron chi connectivity index (χ2n) is 2.91. The molecule has 0 heterocycles. The molecule has 2 heteroatoms. The van der Waals surface area contributed by atoms with E-state index in [1.54, 1.807) is 13.2 Å². The highest BCUT2D eigenvalue weighted by atomic mass is 16.5. The highest BCUT2D eigenvalue weighted by molar-refractivity contribution is 5.30. The second kappa shape index (κ2) is 6.49. The van der Waals surface area contributed by atoms with Crippen LogP contribution in [0, 0.1) is 0 Å². The number of hydrogen-bond donors (Lipinski definition) is 1. The zero-order valence-corrected chi connectivity index (χ0v) is 8.63. The quantitative estimate of drug-likeness (QED) is 0.523. The number of rotatable bonds is 5. The van der Waals surface area contributed by atoms with Crippen molar-refractivity contribution < 1.29 is 9.84 Å². The van der Waals surface area contributed by atoms with Crippen molar-refractivity contribution in [1.29, 1.82) is 0 Å². The largest absolute Gasteiger partial charge is 0.508 e. The second-order valence-corrected chi connectivity index (χ2v) is 2.91. The van der Waals surface area contributed by atoms with E-state index in [0.29, 0.717) is 6.61 Å². The van der Waals surface area contributed by atoms with Crippen molar-refractivity contribution in [3.8, 4) is 0 Å². The molecule has 0 atom stereocenters. The fourth-order valence-corrected chi connectivity index (χ4v) is 0.940. The van der Waals surface area contributed by atoms with Crippen LogP contribution in [0.4, 0.5) is 0 Å². The predicted octanol–water partition coefficient (Wildman–Crippen LogP) is 2.99. The smallest absolute Gasteiger partial charge is 0.118 e. The van der Waals surface area contributed by atoms with Gasteiger partial charge in [-0.25, -0.2) is 0 Å². The summed E-state index contributed by atoms with van der Waals surface area (Å²) in [5.74, 6) is 0.284. The normalized spacial score (nSPS) is 13.2. The van der Waals surface area contributed by atoms with Crippen molar-refractivity contribution in [2.75, 3.05) is 13.7 Å². The third-order valence-corrected chi connectivity index (χ3v) is 1.59. The minimum Gasteiger partial charge on any atom is -0.508 e. The lowest BCUT2D eigenvalue weighted by Crippen LogP contribution is -1.91. The number of aliphatic hydroxyl groups excluding tert-OH is 1. The zero-order valence-electron chi connectivity index (χ0n) is 8.63. The van der Waals surface area contributed by atoms with Gasteiger partial charge in [0.05, 0.1) is 6.61 Å². The molecule has 0 aliphatic carbocycles. The van der Waals surface area contributed by atoms with Crippen LogP contribution < -0.4 is 0 Å². The highest BCUT2D eigenvalue weighted by Gasteiger charge is 1.99. The van der Waals surface area contributed by atoms with E-state index in [0.717, 1.165) is 17.6 Å². The summed E-state index contributed by atoms with van der Waals surface area (Å²) in [6, 6.07) is 0. The van der Waals surface area contributed by atoms with Crippen LogP contribution in [-0.2, 0) is 4.74 Å². The van der Waals surface area contributed by atoms with Gasteiger partial charge >= 0.3 is 0 Å². The molecule has 13 heavy (non-hydrogen) atoms. The molecule has 0 aliphatic heterocycles. The molecule has 2 nitrogen and oxygen atoms in total. The molecule has 0 rings (SSSR count). The molecular formula is C11H18O2. The lowest BCUT2D eigenvalue weighted by Gasteiger charge is -2.03. The van der Waals surface area contributed by atoms with Gasteiger partial charge in [-0.2, -0.15) is 0 Å². The van der Waals surface area contributed by atoms with Crippen LogP contribution in [0.25, 0.3) is 0 Å². The Hall–Kier alpha value is -1.02. The van der Waals surface area contributed by atoms with Crippen LogP contribution in [-0.4, -0.2) is 18.8 Å². The number of aliphatic hydroxyl groups is 1. The fraction of sp³-hybridized carbons (Fsp3) is 0.455. The van der Waals surface area contributed by atoms with E-state index in [1.807, 2.05) is 19.9 Å². The van der Waals surface area contributed by atoms with Gasteiger partial charge in [-0.1, -0.05) is 25.2 Å². The Morgan fingerprint density at radius 2 is 2.15 bits per heavy atom. The Balaban J connectivity index is 4.48. The van der Waals surface area contributed by atoms with Crippen molar-refractivity contribution >= 4 is 0 Å². The van der Waals surface area contributed by atoms with E-state index in [-0.39, 0.29) is 5.76 Å². The molecule has 0 bridgehead atoms. The molecule has 0 aliphatic rings. The summed E-state index contributed by atoms with van der Waals surface area (Å²) in [5, 5.41) is 9.58. The summed E-state index contributed by atoms with van der Waals surface area (Å²) in [7, 11) is 1.63. The maximum atomic E-state index is 9.58. The molecule has 0 aromatic heterocycles. The van der Waals surface area contributed by atoms with Gasteiger partial charge in [0.15, 0.2) is 0 Å². The van der Waals surface area contributed by atoms with Gasteiger partial charge in [0.1, 0.15) is 5.76 Å². The first-order valence-electron chi connectivity index (χ1n) is 4.36. The van der Waals surface area contributed by atoms with Crippen LogP contribution >= 0.6 is 0 Å². The van der Waals surface area contributed by atoms with Crippen LogP contribution in [0.1, 0.15) is 20.3 Å². The molecule has 0 spiro atoms. The Kier molecular flexibility index (Phi) is 5.98. The first-order valence-corrected chi connectivity index (χ1v) is 4.36. The predicted molar refractivity (Wildman–Crippen MR) is 55.8 cm³/mol. The van der Waals surface area contributed by atoms with Crippen LogP contribution in [0.2, 0.25) is 0 Å². The first kappa shape index (κ1) is 12.0. The molecular weight excluding hydrogens is 164 g/mol. The summed E-state index contributed by atoms with van der Waals surface area (Å²) >= 11 is 0. The lowest BCUT2D eigenvalue weighted by molar-refractivity contribution is 0.232. The number of hydrogen-bond acceptors (Lipinski definition) is 2. The van der Waals surface area contributed by atoms with Crippen molar-refractivity contribution in [2.24, 2.45) is 0 Å². The zero-order chi connectivity index (χ0) is 10.3. The maximum Gasteiger partial charge on any atom is 0.118 e. The molecule has 0 unspecified atom stereocenters. The van der Waals surface area contributed by atoms with E-state index in [2.05, 4.69) is 6.58 Å². The maximum absolute atomic E-state index is 9.58. The van der Waals surface area contributed by atoms with Crippen LogP contribution in [0.5, 0.6) is 0 Å². The van der Waals surface area contributed by atoms with Crippen molar-refractivity contribution in [2.45, 2.75) is 20.3 Å². The van der Waals surface area contributed by atoms with E-state index in [1.165, 1.54) is 0 Å². The number of methoxy groups -OCH3 is 1. The average Bonchev–Trinajstić information content (AvgIpc) is 2.04. The summed E-state index contributed by atoms with van der Waals surface area (Å²) in [5.41, 5.74) is 1.74. The van der Waals surface area contributed by atoms with E-state index >= 15 is 0 Å². The molecule has 0 amide bonds. The van der Waals surface area contributed by atoms with Crippen molar-refractivity contribution in [3.05, 3.63) is 35.6 Å². The van der Waals surface area contributed by atoms with Crippen LogP contribution in [0.15, 0.2) is 35.6 Å². The van der Waals surface area contributed by atoms with Gasteiger partial charge in [0.2, 0.25) is 0 Å². The Bertz CT molecular complexity index is 224. The highest BCUT2D eigenvalue weighted by Crippen LogP contribution is 2.12. The third kappa shape index (κ3) is 5.26. The third-order valence-electron chi connectivity index (χ3n) is 1.59. The van der Waals surface area contributed by atoms with Gasteiger partial charge in [0, 0.05) is 7.11 Å². The summed E-state index contributed by atoms with van der Waals surface area (Å²) in [6.07, 6.45) is 4.32. The summed E-state index contributed by atoms with van der Waals surface area (Å²) in [4.78, 5) is 0. The summed E-state index contributed by atoms with van der Waals surface area (Å²) < 4.78 is 4.89. The standard InChI is InChI=1S/C11H18O2/c1-5-10(6-7-13-4)11(12)8-9(2)3/h6,8,12H,2,5,7H2,1,3-4H3/b10-6-,11-8+. The fourth-order valence-electron chi connectivity index (χ4n) is 0.940. The molecule has 0 saturated carbocycles. The molecule has 0 fully saturated rings. The van der Waals surface area contributed by atoms with Crippen LogP contribution in [0.3, 0.4) is 0 Å². The molecule has 0 aromatic carbocycles. The van der Waals surface area contributed by atoms with Crippen molar-refractivity contribution in [1.82, 2.24) is 0 Å². The number of ether oxygens (including phenoxy) is 1. The molecule has 0 saturated heterocycles. The monoisotopic (exact) mass is 182 g/mol. The molecule has 1 N–H and O–H groups in total. The lowest BCUT2D eigenvalue weighted by atomic mass is 10.1. The topological polar surface area (TPSA) is 29.5 Å². The van der Waals surface area contributed by atoms with Crippen molar-refractivity contribution in [3.63, 3.8) is 0 Å². The Morgan fingerprint density at radius 1 is 1.54 bits per heavy atom. The molecule has 74 valence electrons. The Morgan fingerprint density at radius 3 is 2.54 bits per heavy atom. The SMILES string of the molecule is C=C(C)/C=C(O)\C(=C/COC)CC. The average molecular weight is 182 g/mol. The minimum atomic E-state index is 0.284. The first-order chi connectivity index (χ1) is 6.11. The van der Waals surface area contributed by atoms with Gasteiger partial charge in [-0.15, -0.1) is 0 Å². The van der Waals surface area contributed by atoms with Gasteiger partial charge in [-0.3, -0.25) is 0 Å². The Labute approximate surface area is 80.2 Å². The van der Waals surface area contributed by atoms with E-state index < -0.39 is 0 Å². The molecule has 0 radical (unpaired) electrons. The van der Waals surface area contributed by atoms with Gasteiger partial charge < -0.3 is 9.84 Å². The molecule has 0 aromatic rings. The van der Waals surface area contributed by atoms with E-state index in [4.69, 9.17) is 4.74 Å². The number of allylic oxidation sites excluding steroid dienone is 3. The van der Waals surface area contributed by atoms with E-state index in [9.17, 15) is 5.11 Å². The summed E-state index contributed by atoms with van der Waals surface area (Å²) in [6.45, 7) is 8.06.